The first-order chi connectivity index (χ1) is 6.89. The van der Waals surface area contributed by atoms with E-state index < -0.39 is 5.91 Å². The van der Waals surface area contributed by atoms with Crippen LogP contribution < -0.4 is 11.1 Å². The summed E-state index contributed by atoms with van der Waals surface area (Å²) in [4.78, 5) is 18.7. The second-order valence-corrected chi connectivity index (χ2v) is 4.36. The fraction of sp³-hybridized carbons (Fsp3) is 0.500. The number of hydrogen-bond acceptors (Lipinski definition) is 4. The minimum Gasteiger partial charge on any atom is -0.368 e. The summed E-state index contributed by atoms with van der Waals surface area (Å²) < 4.78 is 0. The Morgan fingerprint density at radius 2 is 2.13 bits per heavy atom. The van der Waals surface area contributed by atoms with Gasteiger partial charge < -0.3 is 11.1 Å². The zero-order valence-electron chi connectivity index (χ0n) is 9.24. The molecule has 0 aliphatic carbocycles. The first kappa shape index (κ1) is 11.4. The standard InChI is InChI=1S/C10H16N4O/c1-10(2,3)7-4-9(14-6-13-7)12-5-8(11)15/h4,6H,5H2,1-3H3,(H2,11,15)(H,12,13,14). The fourth-order valence-electron chi connectivity index (χ4n) is 1.04. The molecule has 0 saturated carbocycles. The lowest BCUT2D eigenvalue weighted by Gasteiger charge is -2.17. The third-order valence-electron chi connectivity index (χ3n) is 1.88. The van der Waals surface area contributed by atoms with E-state index in [4.69, 9.17) is 5.73 Å². The molecule has 1 amide bonds. The van der Waals surface area contributed by atoms with E-state index in [2.05, 4.69) is 36.1 Å². The number of primary amides is 1. The molecule has 1 aromatic rings. The highest BCUT2D eigenvalue weighted by Gasteiger charge is 2.15. The van der Waals surface area contributed by atoms with Crippen LogP contribution in [0.15, 0.2) is 12.4 Å². The van der Waals surface area contributed by atoms with E-state index >= 15 is 0 Å². The molecule has 0 spiro atoms. The summed E-state index contributed by atoms with van der Waals surface area (Å²) in [5.41, 5.74) is 5.90. The molecule has 3 N–H and O–H groups in total. The van der Waals surface area contributed by atoms with Crippen molar-refractivity contribution in [1.29, 1.82) is 0 Å². The Labute approximate surface area is 89.1 Å². The molecule has 0 atom stereocenters. The quantitative estimate of drug-likeness (QED) is 0.765. The highest BCUT2D eigenvalue weighted by molar-refractivity contribution is 5.78. The van der Waals surface area contributed by atoms with E-state index in [1.54, 1.807) is 0 Å². The Bertz CT molecular complexity index is 357. The van der Waals surface area contributed by atoms with Crippen LogP contribution in [-0.2, 0) is 10.2 Å². The van der Waals surface area contributed by atoms with Crippen LogP contribution >= 0.6 is 0 Å². The average Bonchev–Trinajstić information content (AvgIpc) is 2.14. The molecule has 0 unspecified atom stereocenters. The van der Waals surface area contributed by atoms with Crippen molar-refractivity contribution in [3.63, 3.8) is 0 Å². The summed E-state index contributed by atoms with van der Waals surface area (Å²) in [5, 5.41) is 2.83. The molecule has 5 heteroatoms. The van der Waals surface area contributed by atoms with Crippen molar-refractivity contribution in [2.24, 2.45) is 5.73 Å². The van der Waals surface area contributed by atoms with Gasteiger partial charge in [-0.15, -0.1) is 0 Å². The van der Waals surface area contributed by atoms with Crippen molar-refractivity contribution in [3.8, 4) is 0 Å². The summed E-state index contributed by atoms with van der Waals surface area (Å²) in [6, 6.07) is 1.82. The maximum atomic E-state index is 10.6. The number of amides is 1. The molecule has 0 aliphatic heterocycles. The fourth-order valence-corrected chi connectivity index (χ4v) is 1.04. The summed E-state index contributed by atoms with van der Waals surface area (Å²) in [5.74, 6) is 0.208. The first-order valence-corrected chi connectivity index (χ1v) is 4.74. The van der Waals surface area contributed by atoms with Gasteiger partial charge in [-0.3, -0.25) is 4.79 Å². The molecule has 1 rings (SSSR count). The lowest BCUT2D eigenvalue weighted by molar-refractivity contribution is -0.116. The van der Waals surface area contributed by atoms with Crippen molar-refractivity contribution in [1.82, 2.24) is 9.97 Å². The summed E-state index contributed by atoms with van der Waals surface area (Å²) >= 11 is 0. The number of nitrogens with two attached hydrogens (primary N) is 1. The maximum absolute atomic E-state index is 10.6. The highest BCUT2D eigenvalue weighted by Crippen LogP contribution is 2.20. The van der Waals surface area contributed by atoms with Crippen LogP contribution in [0.5, 0.6) is 0 Å². The number of anilines is 1. The van der Waals surface area contributed by atoms with Crippen molar-refractivity contribution < 1.29 is 4.79 Å². The van der Waals surface area contributed by atoms with Gasteiger partial charge in [0.1, 0.15) is 12.1 Å². The molecular weight excluding hydrogens is 192 g/mol. The second kappa shape index (κ2) is 4.25. The molecular formula is C10H16N4O. The predicted molar refractivity (Wildman–Crippen MR) is 58.4 cm³/mol. The molecule has 0 radical (unpaired) electrons. The molecule has 0 aliphatic rings. The number of carbonyl (C=O) groups is 1. The van der Waals surface area contributed by atoms with Gasteiger partial charge in [0.15, 0.2) is 0 Å². The Morgan fingerprint density at radius 1 is 1.47 bits per heavy atom. The number of nitrogens with zero attached hydrogens (tertiary/aromatic N) is 2. The highest BCUT2D eigenvalue weighted by atomic mass is 16.1. The number of aromatic nitrogens is 2. The zero-order chi connectivity index (χ0) is 11.5. The Balaban J connectivity index is 2.79. The molecule has 15 heavy (non-hydrogen) atoms. The lowest BCUT2D eigenvalue weighted by Crippen LogP contribution is -2.23. The maximum Gasteiger partial charge on any atom is 0.236 e. The van der Waals surface area contributed by atoms with Crippen LogP contribution in [0.3, 0.4) is 0 Å². The Morgan fingerprint density at radius 3 is 2.67 bits per heavy atom. The predicted octanol–water partition coefficient (Wildman–Crippen LogP) is 0.671. The smallest absolute Gasteiger partial charge is 0.236 e. The molecule has 0 aromatic carbocycles. The summed E-state index contributed by atoms with van der Waals surface area (Å²) in [7, 11) is 0. The van der Waals surface area contributed by atoms with Gasteiger partial charge in [-0.25, -0.2) is 9.97 Å². The third-order valence-corrected chi connectivity index (χ3v) is 1.88. The van der Waals surface area contributed by atoms with E-state index in [0.717, 1.165) is 5.69 Å². The number of hydrogen-bond donors (Lipinski definition) is 2. The van der Waals surface area contributed by atoms with Crippen molar-refractivity contribution >= 4 is 11.7 Å². The van der Waals surface area contributed by atoms with Gasteiger partial charge in [-0.2, -0.15) is 0 Å². The monoisotopic (exact) mass is 208 g/mol. The molecule has 0 fully saturated rings. The van der Waals surface area contributed by atoms with E-state index in [0.29, 0.717) is 5.82 Å². The number of rotatable bonds is 3. The normalized spacial score (nSPS) is 11.1. The van der Waals surface area contributed by atoms with E-state index in [9.17, 15) is 4.79 Å². The average molecular weight is 208 g/mol. The largest absolute Gasteiger partial charge is 0.368 e. The van der Waals surface area contributed by atoms with Crippen LogP contribution in [-0.4, -0.2) is 22.4 Å². The zero-order valence-corrected chi connectivity index (χ0v) is 9.24. The molecule has 0 bridgehead atoms. The van der Waals surface area contributed by atoms with Gasteiger partial charge in [-0.1, -0.05) is 20.8 Å². The molecule has 5 nitrogen and oxygen atoms in total. The minimum absolute atomic E-state index is 0.0356. The van der Waals surface area contributed by atoms with Gasteiger partial charge in [0.2, 0.25) is 5.91 Å². The topological polar surface area (TPSA) is 80.9 Å². The summed E-state index contributed by atoms with van der Waals surface area (Å²) in [6.07, 6.45) is 1.48. The van der Waals surface area contributed by atoms with Gasteiger partial charge in [0, 0.05) is 11.5 Å². The van der Waals surface area contributed by atoms with Gasteiger partial charge in [-0.05, 0) is 0 Å². The van der Waals surface area contributed by atoms with E-state index in [-0.39, 0.29) is 12.0 Å². The minimum atomic E-state index is -0.411. The van der Waals surface area contributed by atoms with Crippen LogP contribution in [0.25, 0.3) is 0 Å². The van der Waals surface area contributed by atoms with Crippen molar-refractivity contribution in [2.75, 3.05) is 11.9 Å². The van der Waals surface area contributed by atoms with Gasteiger partial charge in [0.05, 0.1) is 12.2 Å². The van der Waals surface area contributed by atoms with Crippen LogP contribution in [0.2, 0.25) is 0 Å². The molecule has 82 valence electrons. The van der Waals surface area contributed by atoms with Crippen LogP contribution in [0, 0.1) is 0 Å². The van der Waals surface area contributed by atoms with Crippen molar-refractivity contribution in [2.45, 2.75) is 26.2 Å². The second-order valence-electron chi connectivity index (χ2n) is 4.36. The van der Waals surface area contributed by atoms with Crippen LogP contribution in [0.1, 0.15) is 26.5 Å². The SMILES string of the molecule is CC(C)(C)c1cc(NCC(N)=O)ncn1. The molecule has 1 aromatic heterocycles. The van der Waals surface area contributed by atoms with E-state index in [1.807, 2.05) is 6.07 Å². The number of nitrogens with one attached hydrogen (secondary N) is 1. The summed E-state index contributed by atoms with van der Waals surface area (Å²) in [6.45, 7) is 6.27. The molecule has 0 saturated heterocycles. The molecule has 1 heterocycles. The Kier molecular flexibility index (Phi) is 3.24. The lowest BCUT2D eigenvalue weighted by atomic mass is 9.92. The van der Waals surface area contributed by atoms with Gasteiger partial charge >= 0.3 is 0 Å². The number of carbonyl (C=O) groups excluding carboxylic acids is 1. The van der Waals surface area contributed by atoms with Crippen molar-refractivity contribution in [3.05, 3.63) is 18.1 Å². The Hall–Kier alpha value is -1.65. The third kappa shape index (κ3) is 3.53. The first-order valence-electron chi connectivity index (χ1n) is 4.74. The van der Waals surface area contributed by atoms with E-state index in [1.165, 1.54) is 6.33 Å². The van der Waals surface area contributed by atoms with Crippen LogP contribution in [0.4, 0.5) is 5.82 Å². The van der Waals surface area contributed by atoms with Gasteiger partial charge in [0.25, 0.3) is 0 Å².